The molecule has 1 heterocycles. The summed E-state index contributed by atoms with van der Waals surface area (Å²) >= 11 is 0. The molecule has 7 heteroatoms. The van der Waals surface area contributed by atoms with E-state index in [-0.39, 0.29) is 47.7 Å². The topological polar surface area (TPSA) is 81.8 Å². The van der Waals surface area contributed by atoms with E-state index >= 15 is 0 Å². The fraction of sp³-hybridized carbons (Fsp3) is 0.853. The van der Waals surface area contributed by atoms with Crippen LogP contribution in [-0.4, -0.2) is 71.8 Å². The highest BCUT2D eigenvalue weighted by Crippen LogP contribution is 2.21. The Kier molecular flexibility index (Phi) is 18.2. The number of nitrogens with zero attached hydrogens (tertiary/aromatic N) is 2. The van der Waals surface area contributed by atoms with Crippen LogP contribution in [-0.2, 0) is 14.4 Å². The first-order chi connectivity index (χ1) is 19.4. The van der Waals surface area contributed by atoms with E-state index in [1.165, 1.54) is 44.9 Å². The van der Waals surface area contributed by atoms with E-state index in [0.717, 1.165) is 38.6 Å². The highest BCUT2D eigenvalue weighted by atomic mass is 16.2. The maximum Gasteiger partial charge on any atom is 0.246 e. The molecule has 3 unspecified atom stereocenters. The minimum atomic E-state index is -0.612. The molecule has 1 rings (SSSR count). The molecule has 0 spiro atoms. The molecule has 0 bridgehead atoms. The van der Waals surface area contributed by atoms with E-state index in [1.807, 2.05) is 26.8 Å². The highest BCUT2D eigenvalue weighted by Gasteiger charge is 2.36. The lowest BCUT2D eigenvalue weighted by molar-refractivity contribution is -0.140. The summed E-state index contributed by atoms with van der Waals surface area (Å²) in [6.45, 7) is 18.0. The van der Waals surface area contributed by atoms with Crippen LogP contribution in [0.2, 0.25) is 0 Å². The van der Waals surface area contributed by atoms with Crippen LogP contribution in [0, 0.1) is 11.8 Å². The number of hydrogen-bond acceptors (Lipinski definition) is 4. The number of carbonyl (C=O) groups excluding carboxylic acids is 3. The van der Waals surface area contributed by atoms with E-state index < -0.39 is 6.04 Å². The molecule has 0 radical (unpaired) electrons. The fourth-order valence-electron chi connectivity index (χ4n) is 5.84. The molecule has 3 amide bonds. The molecule has 1 aliphatic heterocycles. The molecule has 3 atom stereocenters. The van der Waals surface area contributed by atoms with Gasteiger partial charge in [-0.3, -0.25) is 19.3 Å². The molecule has 0 aromatic heterocycles. The Morgan fingerprint density at radius 1 is 0.878 bits per heavy atom. The van der Waals surface area contributed by atoms with Gasteiger partial charge in [0.2, 0.25) is 17.7 Å². The van der Waals surface area contributed by atoms with E-state index in [4.69, 9.17) is 0 Å². The quantitative estimate of drug-likeness (QED) is 0.136. The third kappa shape index (κ3) is 13.3. The minimum absolute atomic E-state index is 0.0532. The molecular weight excluding hydrogens is 512 g/mol. The second-order valence-electron chi connectivity index (χ2n) is 13.2. The van der Waals surface area contributed by atoms with Crippen LogP contribution in [0.5, 0.6) is 0 Å². The maximum absolute atomic E-state index is 13.8. The standard InChI is InChI=1S/C34H64N4O3/c1-10-11-12-13-14-15-16-17-19-22-35-32(39)28(8)24-30(25(2)3)37(9)34(41)31(26(4)5)36-33(40)29-21-18-20-23-38(29)27(6)7/h24-27,29-31H,10-23H2,1-9H3,(H,35,39)(H,36,40)/b28-24-. The maximum atomic E-state index is 13.8. The predicted octanol–water partition coefficient (Wildman–Crippen LogP) is 6.47. The molecule has 238 valence electrons. The van der Waals surface area contributed by atoms with Gasteiger partial charge in [-0.25, -0.2) is 0 Å². The Hall–Kier alpha value is -1.89. The van der Waals surface area contributed by atoms with Crippen molar-refractivity contribution in [3.05, 3.63) is 11.6 Å². The zero-order valence-corrected chi connectivity index (χ0v) is 28.1. The van der Waals surface area contributed by atoms with Gasteiger partial charge in [-0.15, -0.1) is 0 Å². The average Bonchev–Trinajstić information content (AvgIpc) is 2.93. The largest absolute Gasteiger partial charge is 0.352 e. The van der Waals surface area contributed by atoms with Crippen molar-refractivity contribution in [3.8, 4) is 0 Å². The van der Waals surface area contributed by atoms with Gasteiger partial charge in [-0.05, 0) is 58.4 Å². The Morgan fingerprint density at radius 3 is 2.00 bits per heavy atom. The summed E-state index contributed by atoms with van der Waals surface area (Å²) in [6, 6.07) is -0.771. The molecule has 1 fully saturated rings. The molecule has 0 aliphatic carbocycles. The zero-order chi connectivity index (χ0) is 30.9. The first-order valence-corrected chi connectivity index (χ1v) is 16.7. The summed E-state index contributed by atoms with van der Waals surface area (Å²) in [7, 11) is 1.79. The van der Waals surface area contributed by atoms with Crippen molar-refractivity contribution < 1.29 is 14.4 Å². The number of piperidine rings is 1. The number of likely N-dealkylation sites (tertiary alicyclic amines) is 1. The van der Waals surface area contributed by atoms with Crippen molar-refractivity contribution in [1.29, 1.82) is 0 Å². The van der Waals surface area contributed by atoms with E-state index in [1.54, 1.807) is 11.9 Å². The summed E-state index contributed by atoms with van der Waals surface area (Å²) in [6.07, 6.45) is 16.1. The van der Waals surface area contributed by atoms with Gasteiger partial charge < -0.3 is 15.5 Å². The Morgan fingerprint density at radius 2 is 1.46 bits per heavy atom. The zero-order valence-electron chi connectivity index (χ0n) is 28.1. The Balaban J connectivity index is 2.72. The van der Waals surface area contributed by atoms with Crippen molar-refractivity contribution in [2.75, 3.05) is 20.1 Å². The van der Waals surface area contributed by atoms with Gasteiger partial charge in [0.25, 0.3) is 0 Å². The van der Waals surface area contributed by atoms with Crippen molar-refractivity contribution in [3.63, 3.8) is 0 Å². The number of nitrogens with one attached hydrogen (secondary N) is 2. The second-order valence-corrected chi connectivity index (χ2v) is 13.2. The van der Waals surface area contributed by atoms with Crippen molar-refractivity contribution in [2.45, 2.75) is 157 Å². The smallest absolute Gasteiger partial charge is 0.246 e. The Labute approximate surface area is 252 Å². The molecular formula is C34H64N4O3. The van der Waals surface area contributed by atoms with E-state index in [2.05, 4.69) is 50.2 Å². The summed E-state index contributed by atoms with van der Waals surface area (Å²) < 4.78 is 0. The van der Waals surface area contributed by atoms with Crippen LogP contribution in [0.4, 0.5) is 0 Å². The van der Waals surface area contributed by atoms with Crippen molar-refractivity contribution in [1.82, 2.24) is 20.4 Å². The summed E-state index contributed by atoms with van der Waals surface area (Å²) in [5, 5.41) is 6.17. The molecule has 7 nitrogen and oxygen atoms in total. The van der Waals surface area contributed by atoms with Crippen LogP contribution in [0.3, 0.4) is 0 Å². The van der Waals surface area contributed by atoms with Crippen LogP contribution < -0.4 is 10.6 Å². The number of unbranched alkanes of at least 4 members (excludes halogenated alkanes) is 8. The Bertz CT molecular complexity index is 808. The number of amides is 3. The number of carbonyl (C=O) groups is 3. The molecule has 1 saturated heterocycles. The molecule has 41 heavy (non-hydrogen) atoms. The lowest BCUT2D eigenvalue weighted by Gasteiger charge is -2.39. The van der Waals surface area contributed by atoms with Gasteiger partial charge in [0, 0.05) is 25.2 Å². The molecule has 0 aromatic rings. The molecule has 0 aromatic carbocycles. The average molecular weight is 577 g/mol. The number of rotatable bonds is 19. The van der Waals surface area contributed by atoms with Crippen molar-refractivity contribution in [2.24, 2.45) is 11.8 Å². The lowest BCUT2D eigenvalue weighted by Crippen LogP contribution is -2.58. The van der Waals surface area contributed by atoms with Gasteiger partial charge in [0.15, 0.2) is 0 Å². The van der Waals surface area contributed by atoms with Gasteiger partial charge in [-0.2, -0.15) is 0 Å². The van der Waals surface area contributed by atoms with Crippen LogP contribution in [0.15, 0.2) is 11.6 Å². The van der Waals surface area contributed by atoms with Gasteiger partial charge in [-0.1, -0.05) is 98.5 Å². The van der Waals surface area contributed by atoms with Gasteiger partial charge in [0.1, 0.15) is 6.04 Å². The number of likely N-dealkylation sites (N-methyl/N-ethyl adjacent to an activating group) is 1. The summed E-state index contributed by atoms with van der Waals surface area (Å²) in [5.74, 6) is -0.179. The predicted molar refractivity (Wildman–Crippen MR) is 172 cm³/mol. The van der Waals surface area contributed by atoms with Crippen LogP contribution >= 0.6 is 0 Å². The number of hydrogen-bond donors (Lipinski definition) is 2. The molecule has 1 aliphatic rings. The fourth-order valence-corrected chi connectivity index (χ4v) is 5.84. The van der Waals surface area contributed by atoms with Gasteiger partial charge in [0.05, 0.1) is 12.1 Å². The first kappa shape index (κ1) is 37.1. The minimum Gasteiger partial charge on any atom is -0.352 e. The van der Waals surface area contributed by atoms with E-state index in [0.29, 0.717) is 12.1 Å². The lowest BCUT2D eigenvalue weighted by atomic mass is 9.95. The SMILES string of the molecule is CCCCCCCCCCCNC(=O)/C(C)=C\C(C(C)C)N(C)C(=O)C(NC(=O)C1CCCCN1C(C)C)C(C)C. The monoisotopic (exact) mass is 576 g/mol. The van der Waals surface area contributed by atoms with E-state index in [9.17, 15) is 14.4 Å². The third-order valence-electron chi connectivity index (χ3n) is 8.56. The third-order valence-corrected chi connectivity index (χ3v) is 8.56. The normalized spacial score (nSPS) is 18.0. The first-order valence-electron chi connectivity index (χ1n) is 16.7. The highest BCUT2D eigenvalue weighted by molar-refractivity contribution is 5.93. The van der Waals surface area contributed by atoms with Crippen LogP contribution in [0.25, 0.3) is 0 Å². The van der Waals surface area contributed by atoms with Crippen LogP contribution in [0.1, 0.15) is 132 Å². The summed E-state index contributed by atoms with van der Waals surface area (Å²) in [5.41, 5.74) is 0.624. The van der Waals surface area contributed by atoms with Gasteiger partial charge >= 0.3 is 0 Å². The second kappa shape index (κ2) is 20.1. The summed E-state index contributed by atoms with van der Waals surface area (Å²) in [4.78, 5) is 43.9. The molecule has 0 saturated carbocycles. The van der Waals surface area contributed by atoms with Crippen molar-refractivity contribution >= 4 is 17.7 Å². The molecule has 2 N–H and O–H groups in total.